The summed E-state index contributed by atoms with van der Waals surface area (Å²) in [5.41, 5.74) is 3.05. The summed E-state index contributed by atoms with van der Waals surface area (Å²) in [6.07, 6.45) is 2.25. The number of thioether (sulfide) groups is 1. The number of unbranched alkanes of at least 4 members (excludes halogenated alkanes) is 1. The van der Waals surface area contributed by atoms with E-state index in [1.807, 2.05) is 39.0 Å². The van der Waals surface area contributed by atoms with Gasteiger partial charge in [0.1, 0.15) is 0 Å². The third-order valence-electron chi connectivity index (χ3n) is 3.51. The zero-order chi connectivity index (χ0) is 17.5. The van der Waals surface area contributed by atoms with Gasteiger partial charge in [-0.3, -0.25) is 4.79 Å². The highest BCUT2D eigenvalue weighted by Gasteiger charge is 2.18. The van der Waals surface area contributed by atoms with Crippen molar-refractivity contribution in [3.05, 3.63) is 29.3 Å². The van der Waals surface area contributed by atoms with Crippen LogP contribution in [0.5, 0.6) is 0 Å². The van der Waals surface area contributed by atoms with Crippen LogP contribution in [0.2, 0.25) is 0 Å². The van der Waals surface area contributed by atoms with E-state index in [1.54, 1.807) is 0 Å². The van der Waals surface area contributed by atoms with Gasteiger partial charge in [-0.25, -0.2) is 0 Å². The molecule has 2 rings (SSSR count). The Bertz CT molecular complexity index is 687. The minimum Gasteiger partial charge on any atom is -0.360 e. The first-order valence-electron chi connectivity index (χ1n) is 8.11. The number of nitrogens with zero attached hydrogens (tertiary/aromatic N) is 2. The monoisotopic (exact) mass is 364 g/mol. The van der Waals surface area contributed by atoms with E-state index in [1.165, 1.54) is 23.1 Å². The summed E-state index contributed by atoms with van der Waals surface area (Å²) >= 11 is 2.92. The Balaban J connectivity index is 1.90. The maximum atomic E-state index is 12.4. The van der Waals surface area contributed by atoms with E-state index >= 15 is 0 Å². The van der Waals surface area contributed by atoms with Crippen LogP contribution in [0.1, 0.15) is 37.8 Å². The molecule has 24 heavy (non-hydrogen) atoms. The first-order valence-corrected chi connectivity index (χ1v) is 9.81. The fraction of sp³-hybridized carbons (Fsp3) is 0.471. The van der Waals surface area contributed by atoms with Crippen LogP contribution >= 0.6 is 23.1 Å². The van der Waals surface area contributed by atoms with Crippen LogP contribution in [0, 0.1) is 13.8 Å². The molecule has 0 radical (unpaired) electrons. The molecule has 1 aromatic heterocycles. The second-order valence-electron chi connectivity index (χ2n) is 5.72. The van der Waals surface area contributed by atoms with Crippen LogP contribution in [-0.2, 0) is 4.79 Å². The first-order chi connectivity index (χ1) is 11.5. The van der Waals surface area contributed by atoms with Gasteiger partial charge < -0.3 is 10.6 Å². The number of aryl methyl sites for hydroxylation is 2. The van der Waals surface area contributed by atoms with Crippen LogP contribution in [0.4, 0.5) is 10.8 Å². The SMILES string of the molecule is CCCCNc1nnc(S[C@H](C)C(=O)Nc2cc(C)ccc2C)s1. The Morgan fingerprint density at radius 1 is 1.33 bits per heavy atom. The molecule has 0 saturated carbocycles. The fourth-order valence-corrected chi connectivity index (χ4v) is 3.93. The minimum atomic E-state index is -0.235. The van der Waals surface area contributed by atoms with Gasteiger partial charge in [-0.15, -0.1) is 10.2 Å². The van der Waals surface area contributed by atoms with Gasteiger partial charge in [-0.1, -0.05) is 48.6 Å². The average molecular weight is 365 g/mol. The smallest absolute Gasteiger partial charge is 0.237 e. The number of hydrogen-bond donors (Lipinski definition) is 2. The molecule has 0 spiro atoms. The summed E-state index contributed by atoms with van der Waals surface area (Å²) in [7, 11) is 0. The number of nitrogens with one attached hydrogen (secondary N) is 2. The molecule has 0 unspecified atom stereocenters. The standard InChI is InChI=1S/C17H24N4OS2/c1-5-6-9-18-16-20-21-17(24-16)23-13(4)15(22)19-14-10-11(2)7-8-12(14)3/h7-8,10,13H,5-6,9H2,1-4H3,(H,18,20)(H,19,22)/t13-/m1/s1. The lowest BCUT2D eigenvalue weighted by atomic mass is 10.1. The van der Waals surface area contributed by atoms with E-state index in [0.717, 1.165) is 45.7 Å². The number of hydrogen-bond acceptors (Lipinski definition) is 6. The maximum absolute atomic E-state index is 12.4. The van der Waals surface area contributed by atoms with Crippen molar-refractivity contribution in [3.8, 4) is 0 Å². The second kappa shape index (κ2) is 9.03. The Labute approximate surface area is 151 Å². The highest BCUT2D eigenvalue weighted by molar-refractivity contribution is 8.02. The molecular formula is C17H24N4OS2. The molecule has 0 aliphatic carbocycles. The van der Waals surface area contributed by atoms with Gasteiger partial charge >= 0.3 is 0 Å². The number of anilines is 2. The molecule has 0 saturated heterocycles. The van der Waals surface area contributed by atoms with Crippen molar-refractivity contribution in [2.24, 2.45) is 0 Å². The van der Waals surface area contributed by atoms with Gasteiger partial charge in [0.25, 0.3) is 0 Å². The van der Waals surface area contributed by atoms with Crippen molar-refractivity contribution < 1.29 is 4.79 Å². The number of rotatable bonds is 8. The normalized spacial score (nSPS) is 12.0. The summed E-state index contributed by atoms with van der Waals surface area (Å²) in [6, 6.07) is 6.05. The molecular weight excluding hydrogens is 340 g/mol. The minimum absolute atomic E-state index is 0.0237. The van der Waals surface area contributed by atoms with E-state index in [0.29, 0.717) is 0 Å². The van der Waals surface area contributed by atoms with Crippen molar-refractivity contribution in [2.45, 2.75) is 50.1 Å². The molecule has 1 heterocycles. The van der Waals surface area contributed by atoms with Gasteiger partial charge in [-0.2, -0.15) is 0 Å². The Morgan fingerprint density at radius 3 is 2.88 bits per heavy atom. The summed E-state index contributed by atoms with van der Waals surface area (Å²) in [5, 5.41) is 15.1. The highest BCUT2D eigenvalue weighted by Crippen LogP contribution is 2.29. The van der Waals surface area contributed by atoms with Gasteiger partial charge in [0.05, 0.1) is 5.25 Å². The predicted octanol–water partition coefficient (Wildman–Crippen LogP) is 4.49. The Kier molecular flexibility index (Phi) is 7.05. The van der Waals surface area contributed by atoms with Crippen LogP contribution < -0.4 is 10.6 Å². The molecule has 0 aliphatic rings. The predicted molar refractivity (Wildman–Crippen MR) is 103 cm³/mol. The van der Waals surface area contributed by atoms with Crippen molar-refractivity contribution in [3.63, 3.8) is 0 Å². The lowest BCUT2D eigenvalue weighted by Gasteiger charge is -2.12. The number of benzene rings is 1. The second-order valence-corrected chi connectivity index (χ2v) is 8.29. The molecule has 1 amide bonds. The molecule has 0 bridgehead atoms. The zero-order valence-corrected chi connectivity index (χ0v) is 16.2. The third-order valence-corrected chi connectivity index (χ3v) is 5.58. The molecule has 2 aromatic rings. The quantitative estimate of drug-likeness (QED) is 0.534. The number of carbonyl (C=O) groups excluding carboxylic acids is 1. The van der Waals surface area contributed by atoms with Gasteiger partial charge in [-0.05, 0) is 44.4 Å². The van der Waals surface area contributed by atoms with Crippen LogP contribution in [-0.4, -0.2) is 27.9 Å². The molecule has 0 aliphatic heterocycles. The van der Waals surface area contributed by atoms with Crippen molar-refractivity contribution >= 4 is 39.8 Å². The van der Waals surface area contributed by atoms with Crippen LogP contribution in [0.25, 0.3) is 0 Å². The average Bonchev–Trinajstić information content (AvgIpc) is 2.98. The van der Waals surface area contributed by atoms with E-state index in [2.05, 4.69) is 27.8 Å². The number of carbonyl (C=O) groups is 1. The molecule has 2 N–H and O–H groups in total. The lowest BCUT2D eigenvalue weighted by molar-refractivity contribution is -0.115. The van der Waals surface area contributed by atoms with Gasteiger partial charge in [0, 0.05) is 12.2 Å². The number of amides is 1. The molecule has 7 heteroatoms. The van der Waals surface area contributed by atoms with Crippen LogP contribution in [0.15, 0.2) is 22.5 Å². The van der Waals surface area contributed by atoms with Crippen molar-refractivity contribution in [1.29, 1.82) is 0 Å². The fourth-order valence-electron chi connectivity index (χ4n) is 2.01. The van der Waals surface area contributed by atoms with E-state index < -0.39 is 0 Å². The Morgan fingerprint density at radius 2 is 2.12 bits per heavy atom. The summed E-state index contributed by atoms with van der Waals surface area (Å²) in [6.45, 7) is 8.95. The third kappa shape index (κ3) is 5.49. The summed E-state index contributed by atoms with van der Waals surface area (Å²) in [5.74, 6) is -0.0237. The maximum Gasteiger partial charge on any atom is 0.237 e. The molecule has 1 atom stereocenters. The largest absolute Gasteiger partial charge is 0.360 e. The lowest BCUT2D eigenvalue weighted by Crippen LogP contribution is -2.22. The molecule has 5 nitrogen and oxygen atoms in total. The van der Waals surface area contributed by atoms with Gasteiger partial charge in [0.2, 0.25) is 11.0 Å². The topological polar surface area (TPSA) is 66.9 Å². The summed E-state index contributed by atoms with van der Waals surface area (Å²) in [4.78, 5) is 12.4. The van der Waals surface area contributed by atoms with E-state index in [4.69, 9.17) is 0 Å². The van der Waals surface area contributed by atoms with E-state index in [9.17, 15) is 4.79 Å². The van der Waals surface area contributed by atoms with E-state index in [-0.39, 0.29) is 11.2 Å². The zero-order valence-electron chi connectivity index (χ0n) is 14.5. The van der Waals surface area contributed by atoms with Gasteiger partial charge in [0.15, 0.2) is 4.34 Å². The number of aromatic nitrogens is 2. The summed E-state index contributed by atoms with van der Waals surface area (Å²) < 4.78 is 0.803. The van der Waals surface area contributed by atoms with Crippen LogP contribution in [0.3, 0.4) is 0 Å². The van der Waals surface area contributed by atoms with Crippen molar-refractivity contribution in [1.82, 2.24) is 10.2 Å². The first kappa shape index (κ1) is 18.7. The molecule has 130 valence electrons. The Hall–Kier alpha value is -1.60. The highest BCUT2D eigenvalue weighted by atomic mass is 32.2. The molecule has 0 fully saturated rings. The van der Waals surface area contributed by atoms with Crippen molar-refractivity contribution in [2.75, 3.05) is 17.2 Å². The molecule has 1 aromatic carbocycles.